The van der Waals surface area contributed by atoms with Crippen molar-refractivity contribution in [1.82, 2.24) is 9.71 Å². The van der Waals surface area contributed by atoms with Crippen LogP contribution in [0, 0.1) is 13.8 Å². The highest BCUT2D eigenvalue weighted by atomic mass is 35.5. The Bertz CT molecular complexity index is 922. The average molecular weight is 383 g/mol. The van der Waals surface area contributed by atoms with Crippen molar-refractivity contribution in [3.8, 4) is 11.1 Å². The Morgan fingerprint density at radius 3 is 2.58 bits per heavy atom. The molecule has 0 aliphatic carbocycles. The summed E-state index contributed by atoms with van der Waals surface area (Å²) < 4.78 is 3.60. The SMILES string of the molecule is Cc1cnccc1-c1cccc(C(C)(C)NSc2cccc(Cl)c2C)c1. The van der Waals surface area contributed by atoms with Gasteiger partial charge in [-0.25, -0.2) is 4.72 Å². The number of pyridine rings is 1. The number of aryl methyl sites for hydroxylation is 1. The van der Waals surface area contributed by atoms with Crippen LogP contribution in [0.15, 0.2) is 65.8 Å². The Kier molecular flexibility index (Phi) is 5.71. The van der Waals surface area contributed by atoms with Crippen molar-refractivity contribution in [2.24, 2.45) is 0 Å². The van der Waals surface area contributed by atoms with E-state index in [2.05, 4.69) is 66.9 Å². The normalized spacial score (nSPS) is 11.6. The van der Waals surface area contributed by atoms with Crippen LogP contribution in [0.2, 0.25) is 5.02 Å². The van der Waals surface area contributed by atoms with Gasteiger partial charge < -0.3 is 0 Å². The number of hydrogen-bond donors (Lipinski definition) is 1. The number of rotatable bonds is 5. The number of aromatic nitrogens is 1. The second kappa shape index (κ2) is 7.83. The lowest BCUT2D eigenvalue weighted by molar-refractivity contribution is 0.510. The van der Waals surface area contributed by atoms with E-state index in [1.165, 1.54) is 22.3 Å². The molecule has 4 heteroatoms. The molecule has 0 aliphatic heterocycles. The molecule has 2 aromatic carbocycles. The van der Waals surface area contributed by atoms with Crippen LogP contribution in [0.1, 0.15) is 30.5 Å². The standard InChI is InChI=1S/C22H23ClN2S/c1-15-14-24-12-11-19(15)17-7-5-8-18(13-17)22(3,4)25-26-21-10-6-9-20(23)16(21)2/h5-14,25H,1-4H3. The summed E-state index contributed by atoms with van der Waals surface area (Å²) in [5, 5.41) is 0.796. The highest BCUT2D eigenvalue weighted by Gasteiger charge is 2.21. The van der Waals surface area contributed by atoms with Gasteiger partial charge in [-0.3, -0.25) is 4.98 Å². The van der Waals surface area contributed by atoms with E-state index in [1.807, 2.05) is 31.5 Å². The van der Waals surface area contributed by atoms with Gasteiger partial charge in [0.1, 0.15) is 0 Å². The quantitative estimate of drug-likeness (QED) is 0.506. The minimum atomic E-state index is -0.198. The number of nitrogens with one attached hydrogen (secondary N) is 1. The molecule has 26 heavy (non-hydrogen) atoms. The molecular weight excluding hydrogens is 360 g/mol. The van der Waals surface area contributed by atoms with Crippen LogP contribution < -0.4 is 4.72 Å². The summed E-state index contributed by atoms with van der Waals surface area (Å²) in [6.07, 6.45) is 3.75. The summed E-state index contributed by atoms with van der Waals surface area (Å²) in [5.74, 6) is 0. The third-order valence-electron chi connectivity index (χ3n) is 4.55. The van der Waals surface area contributed by atoms with Crippen molar-refractivity contribution in [3.05, 3.63) is 82.6 Å². The van der Waals surface area contributed by atoms with Gasteiger partial charge in [-0.15, -0.1) is 0 Å². The first-order chi connectivity index (χ1) is 12.4. The van der Waals surface area contributed by atoms with E-state index in [0.717, 1.165) is 15.5 Å². The first kappa shape index (κ1) is 19.0. The molecule has 3 rings (SSSR count). The topological polar surface area (TPSA) is 24.9 Å². The smallest absolute Gasteiger partial charge is 0.0478 e. The molecule has 134 valence electrons. The fourth-order valence-electron chi connectivity index (χ4n) is 2.81. The van der Waals surface area contributed by atoms with E-state index in [0.29, 0.717) is 0 Å². The zero-order chi connectivity index (χ0) is 18.7. The molecule has 3 aromatic rings. The maximum atomic E-state index is 6.24. The van der Waals surface area contributed by atoms with E-state index in [-0.39, 0.29) is 5.54 Å². The molecule has 0 saturated heterocycles. The lowest BCUT2D eigenvalue weighted by Crippen LogP contribution is -2.31. The van der Waals surface area contributed by atoms with Crippen LogP contribution >= 0.6 is 23.5 Å². The minimum absolute atomic E-state index is 0.198. The van der Waals surface area contributed by atoms with E-state index in [1.54, 1.807) is 11.9 Å². The summed E-state index contributed by atoms with van der Waals surface area (Å²) in [7, 11) is 0. The molecule has 0 unspecified atom stereocenters. The largest absolute Gasteiger partial charge is 0.264 e. The van der Waals surface area contributed by atoms with Crippen LogP contribution in [0.4, 0.5) is 0 Å². The number of nitrogens with zero attached hydrogens (tertiary/aromatic N) is 1. The zero-order valence-corrected chi connectivity index (χ0v) is 17.1. The van der Waals surface area contributed by atoms with Gasteiger partial charge in [-0.1, -0.05) is 35.9 Å². The number of benzene rings is 2. The fraction of sp³-hybridized carbons (Fsp3) is 0.227. The predicted molar refractivity (Wildman–Crippen MR) is 113 cm³/mol. The molecular formula is C22H23ClN2S. The Labute approximate surface area is 165 Å². The van der Waals surface area contributed by atoms with Gasteiger partial charge in [-0.2, -0.15) is 0 Å². The monoisotopic (exact) mass is 382 g/mol. The van der Waals surface area contributed by atoms with Crippen LogP contribution in [0.25, 0.3) is 11.1 Å². The molecule has 0 amide bonds. The molecule has 0 bridgehead atoms. The molecule has 1 aromatic heterocycles. The molecule has 0 spiro atoms. The molecule has 1 heterocycles. The van der Waals surface area contributed by atoms with Gasteiger partial charge in [0.05, 0.1) is 0 Å². The molecule has 0 radical (unpaired) electrons. The third-order valence-corrected chi connectivity index (χ3v) is 6.23. The summed E-state index contributed by atoms with van der Waals surface area (Å²) in [6, 6.07) is 16.7. The van der Waals surface area contributed by atoms with Crippen LogP contribution in [0.5, 0.6) is 0 Å². The Morgan fingerprint density at radius 1 is 1.04 bits per heavy atom. The number of hydrogen-bond acceptors (Lipinski definition) is 3. The summed E-state index contributed by atoms with van der Waals surface area (Å²) >= 11 is 7.86. The number of halogens is 1. The van der Waals surface area contributed by atoms with Gasteiger partial charge in [0, 0.05) is 27.9 Å². The Morgan fingerprint density at radius 2 is 1.81 bits per heavy atom. The van der Waals surface area contributed by atoms with Crippen molar-refractivity contribution >= 4 is 23.5 Å². The minimum Gasteiger partial charge on any atom is -0.264 e. The average Bonchev–Trinajstić information content (AvgIpc) is 2.63. The second-order valence-electron chi connectivity index (χ2n) is 6.96. The fourth-order valence-corrected chi connectivity index (χ4v) is 3.94. The molecule has 0 aliphatic rings. The summed E-state index contributed by atoms with van der Waals surface area (Å²) in [6.45, 7) is 8.53. The van der Waals surface area contributed by atoms with Gasteiger partial charge >= 0.3 is 0 Å². The summed E-state index contributed by atoms with van der Waals surface area (Å²) in [4.78, 5) is 5.34. The summed E-state index contributed by atoms with van der Waals surface area (Å²) in [5.41, 5.74) is 5.75. The third kappa shape index (κ3) is 4.12. The highest BCUT2D eigenvalue weighted by Crippen LogP contribution is 2.32. The van der Waals surface area contributed by atoms with Gasteiger partial charge in [0.25, 0.3) is 0 Å². The lowest BCUT2D eigenvalue weighted by atomic mass is 9.92. The van der Waals surface area contributed by atoms with Gasteiger partial charge in [0.15, 0.2) is 0 Å². The predicted octanol–water partition coefficient (Wildman–Crippen LogP) is 6.55. The molecule has 1 N–H and O–H groups in total. The molecule has 0 atom stereocenters. The molecule has 0 saturated carbocycles. The van der Waals surface area contributed by atoms with Crippen molar-refractivity contribution in [2.45, 2.75) is 38.1 Å². The van der Waals surface area contributed by atoms with Crippen LogP contribution in [-0.2, 0) is 5.54 Å². The lowest BCUT2D eigenvalue weighted by Gasteiger charge is -2.27. The van der Waals surface area contributed by atoms with E-state index in [4.69, 9.17) is 11.6 Å². The van der Waals surface area contributed by atoms with Crippen molar-refractivity contribution in [1.29, 1.82) is 0 Å². The molecule has 0 fully saturated rings. The van der Waals surface area contributed by atoms with E-state index in [9.17, 15) is 0 Å². The first-order valence-electron chi connectivity index (χ1n) is 8.59. The van der Waals surface area contributed by atoms with Gasteiger partial charge in [-0.05, 0) is 91.7 Å². The zero-order valence-electron chi connectivity index (χ0n) is 15.5. The Hall–Kier alpha value is -1.81. The Balaban J connectivity index is 1.84. The van der Waals surface area contributed by atoms with E-state index < -0.39 is 0 Å². The first-order valence-corrected chi connectivity index (χ1v) is 9.78. The maximum Gasteiger partial charge on any atom is 0.0478 e. The highest BCUT2D eigenvalue weighted by molar-refractivity contribution is 7.97. The van der Waals surface area contributed by atoms with Gasteiger partial charge in [0.2, 0.25) is 0 Å². The van der Waals surface area contributed by atoms with Crippen molar-refractivity contribution in [3.63, 3.8) is 0 Å². The maximum absolute atomic E-state index is 6.24. The second-order valence-corrected chi connectivity index (χ2v) is 8.22. The van der Waals surface area contributed by atoms with Crippen molar-refractivity contribution in [2.75, 3.05) is 0 Å². The van der Waals surface area contributed by atoms with Crippen molar-refractivity contribution < 1.29 is 0 Å². The van der Waals surface area contributed by atoms with Crippen LogP contribution in [-0.4, -0.2) is 4.98 Å². The van der Waals surface area contributed by atoms with E-state index >= 15 is 0 Å². The van der Waals surface area contributed by atoms with Crippen LogP contribution in [0.3, 0.4) is 0 Å². The molecule has 2 nitrogen and oxygen atoms in total.